The van der Waals surface area contributed by atoms with E-state index in [-0.39, 0.29) is 6.04 Å². The molecule has 2 rings (SSSR count). The van der Waals surface area contributed by atoms with E-state index in [1.807, 2.05) is 22.6 Å². The van der Waals surface area contributed by atoms with Crippen molar-refractivity contribution >= 4 is 11.8 Å². The maximum absolute atomic E-state index is 4.41. The van der Waals surface area contributed by atoms with Gasteiger partial charge in [-0.2, -0.15) is 5.10 Å². The molecule has 4 heteroatoms. The van der Waals surface area contributed by atoms with Crippen molar-refractivity contribution in [1.82, 2.24) is 15.1 Å². The predicted octanol–water partition coefficient (Wildman–Crippen LogP) is 4.10. The van der Waals surface area contributed by atoms with Crippen LogP contribution < -0.4 is 5.32 Å². The molecule has 1 aromatic heterocycles. The van der Waals surface area contributed by atoms with Gasteiger partial charge in [-0.25, -0.2) is 0 Å². The van der Waals surface area contributed by atoms with Gasteiger partial charge >= 0.3 is 0 Å². The van der Waals surface area contributed by atoms with E-state index in [1.165, 1.54) is 16.0 Å². The lowest BCUT2D eigenvalue weighted by atomic mass is 10.0. The predicted molar refractivity (Wildman–Crippen MR) is 90.9 cm³/mol. The highest BCUT2D eigenvalue weighted by Crippen LogP contribution is 2.25. The monoisotopic (exact) mass is 303 g/mol. The zero-order valence-corrected chi connectivity index (χ0v) is 14.0. The molecule has 0 amide bonds. The van der Waals surface area contributed by atoms with Crippen LogP contribution in [-0.2, 0) is 6.54 Å². The molecule has 0 spiro atoms. The molecule has 3 nitrogen and oxygen atoms in total. The van der Waals surface area contributed by atoms with Crippen molar-refractivity contribution < 1.29 is 0 Å². The van der Waals surface area contributed by atoms with Crippen molar-refractivity contribution in [3.05, 3.63) is 47.8 Å². The lowest BCUT2D eigenvalue weighted by molar-refractivity contribution is 0.596. The Labute approximate surface area is 132 Å². The second kappa shape index (κ2) is 8.25. The van der Waals surface area contributed by atoms with E-state index in [2.05, 4.69) is 61.6 Å². The van der Waals surface area contributed by atoms with E-state index >= 15 is 0 Å². The van der Waals surface area contributed by atoms with Crippen molar-refractivity contribution in [3.8, 4) is 0 Å². The van der Waals surface area contributed by atoms with Crippen LogP contribution in [0.4, 0.5) is 0 Å². The fraction of sp³-hybridized carbons (Fsp3) is 0.471. The van der Waals surface area contributed by atoms with Gasteiger partial charge in [-0.05, 0) is 43.3 Å². The Morgan fingerprint density at radius 1 is 1.14 bits per heavy atom. The number of aromatic nitrogens is 2. The van der Waals surface area contributed by atoms with E-state index in [0.717, 1.165) is 25.3 Å². The third kappa shape index (κ3) is 4.35. The number of thioether (sulfide) groups is 1. The van der Waals surface area contributed by atoms with Crippen molar-refractivity contribution in [2.45, 2.75) is 44.7 Å². The number of benzene rings is 1. The lowest BCUT2D eigenvalue weighted by Gasteiger charge is -2.18. The number of nitrogens with one attached hydrogen (secondary N) is 1. The Kier molecular flexibility index (Phi) is 6.33. The third-order valence-corrected chi connectivity index (χ3v) is 4.33. The molecule has 21 heavy (non-hydrogen) atoms. The minimum absolute atomic E-state index is 0.228. The summed E-state index contributed by atoms with van der Waals surface area (Å²) in [4.78, 5) is 1.33. The Balaban J connectivity index is 2.21. The van der Waals surface area contributed by atoms with Gasteiger partial charge in [0.05, 0.1) is 12.2 Å². The summed E-state index contributed by atoms with van der Waals surface area (Å²) in [6, 6.07) is 9.12. The Morgan fingerprint density at radius 3 is 2.48 bits per heavy atom. The van der Waals surface area contributed by atoms with Crippen LogP contribution >= 0.6 is 11.8 Å². The van der Waals surface area contributed by atoms with Gasteiger partial charge in [0.2, 0.25) is 0 Å². The molecular formula is C17H25N3S. The normalized spacial score (nSPS) is 12.5. The molecule has 1 heterocycles. The minimum atomic E-state index is 0.228. The maximum Gasteiger partial charge on any atom is 0.0607 e. The average molecular weight is 303 g/mol. The summed E-state index contributed by atoms with van der Waals surface area (Å²) in [5.41, 5.74) is 2.54. The molecule has 0 aliphatic heterocycles. The molecule has 0 saturated carbocycles. The molecule has 1 unspecified atom stereocenters. The second-order valence-electron chi connectivity index (χ2n) is 5.02. The summed E-state index contributed by atoms with van der Waals surface area (Å²) >= 11 is 1.88. The summed E-state index contributed by atoms with van der Waals surface area (Å²) in [5, 5.41) is 8.04. The quantitative estimate of drug-likeness (QED) is 0.745. The lowest BCUT2D eigenvalue weighted by Crippen LogP contribution is -2.22. The van der Waals surface area contributed by atoms with E-state index in [4.69, 9.17) is 0 Å². The van der Waals surface area contributed by atoms with E-state index in [0.29, 0.717) is 0 Å². The van der Waals surface area contributed by atoms with Crippen LogP contribution in [0.3, 0.4) is 0 Å². The van der Waals surface area contributed by atoms with Crippen LogP contribution in [-0.4, -0.2) is 22.1 Å². The van der Waals surface area contributed by atoms with Gasteiger partial charge in [-0.3, -0.25) is 4.68 Å². The van der Waals surface area contributed by atoms with E-state index < -0.39 is 0 Å². The van der Waals surface area contributed by atoms with Crippen LogP contribution in [0.2, 0.25) is 0 Å². The highest BCUT2D eigenvalue weighted by molar-refractivity contribution is 7.99. The molecule has 0 bridgehead atoms. The molecule has 1 aromatic carbocycles. The number of rotatable bonds is 8. The highest BCUT2D eigenvalue weighted by atomic mass is 32.2. The number of hydrogen-bond acceptors (Lipinski definition) is 3. The summed E-state index contributed by atoms with van der Waals surface area (Å²) in [6.07, 6.45) is 5.25. The molecule has 114 valence electrons. The standard InChI is InChI=1S/C17H25N3S/c1-4-11-18-17(15-12-19-20(5-2)13-15)14-7-9-16(10-8-14)21-6-3/h7-10,12-13,17-18H,4-6,11H2,1-3H3. The number of nitrogens with zero attached hydrogens (tertiary/aromatic N) is 2. The maximum atomic E-state index is 4.41. The van der Waals surface area contributed by atoms with Gasteiger partial charge in [0, 0.05) is 23.2 Å². The Bertz CT molecular complexity index is 533. The zero-order chi connectivity index (χ0) is 15.1. The number of hydrogen-bond donors (Lipinski definition) is 1. The van der Waals surface area contributed by atoms with Crippen LogP contribution in [0.5, 0.6) is 0 Å². The average Bonchev–Trinajstić information content (AvgIpc) is 2.98. The van der Waals surface area contributed by atoms with Gasteiger partial charge in [0.25, 0.3) is 0 Å². The van der Waals surface area contributed by atoms with E-state index in [1.54, 1.807) is 0 Å². The fourth-order valence-corrected chi connectivity index (χ4v) is 3.00. The molecular weight excluding hydrogens is 278 g/mol. The van der Waals surface area contributed by atoms with Crippen molar-refractivity contribution in [3.63, 3.8) is 0 Å². The topological polar surface area (TPSA) is 29.9 Å². The summed E-state index contributed by atoms with van der Waals surface area (Å²) in [6.45, 7) is 8.41. The van der Waals surface area contributed by atoms with E-state index in [9.17, 15) is 0 Å². The molecule has 0 aliphatic rings. The molecule has 0 saturated heterocycles. The van der Waals surface area contributed by atoms with Gasteiger partial charge in [-0.1, -0.05) is 26.0 Å². The minimum Gasteiger partial charge on any atom is -0.306 e. The Hall–Kier alpha value is -1.26. The molecule has 2 aromatic rings. The van der Waals surface area contributed by atoms with Crippen LogP contribution in [0, 0.1) is 0 Å². The molecule has 1 N–H and O–H groups in total. The molecule has 1 atom stereocenters. The third-order valence-electron chi connectivity index (χ3n) is 3.43. The smallest absolute Gasteiger partial charge is 0.0607 e. The SMILES string of the molecule is CCCNC(c1ccc(SCC)cc1)c1cnn(CC)c1. The number of aryl methyl sites for hydroxylation is 1. The second-order valence-corrected chi connectivity index (χ2v) is 6.36. The van der Waals surface area contributed by atoms with Crippen molar-refractivity contribution in [2.24, 2.45) is 0 Å². The largest absolute Gasteiger partial charge is 0.306 e. The van der Waals surface area contributed by atoms with Crippen LogP contribution in [0.25, 0.3) is 0 Å². The molecule has 0 radical (unpaired) electrons. The van der Waals surface area contributed by atoms with Gasteiger partial charge in [0.1, 0.15) is 0 Å². The first kappa shape index (κ1) is 16.1. The fourth-order valence-electron chi connectivity index (χ4n) is 2.34. The molecule has 0 fully saturated rings. The van der Waals surface area contributed by atoms with Gasteiger partial charge < -0.3 is 5.32 Å². The first-order valence-electron chi connectivity index (χ1n) is 7.77. The molecule has 0 aliphatic carbocycles. The van der Waals surface area contributed by atoms with Crippen LogP contribution in [0.1, 0.15) is 44.4 Å². The van der Waals surface area contributed by atoms with Crippen LogP contribution in [0.15, 0.2) is 41.6 Å². The zero-order valence-electron chi connectivity index (χ0n) is 13.2. The summed E-state index contributed by atoms with van der Waals surface area (Å²) in [7, 11) is 0. The Morgan fingerprint density at radius 2 is 1.90 bits per heavy atom. The van der Waals surface area contributed by atoms with Crippen molar-refractivity contribution in [1.29, 1.82) is 0 Å². The van der Waals surface area contributed by atoms with Crippen molar-refractivity contribution in [2.75, 3.05) is 12.3 Å². The summed E-state index contributed by atoms with van der Waals surface area (Å²) in [5.74, 6) is 1.11. The summed E-state index contributed by atoms with van der Waals surface area (Å²) < 4.78 is 1.98. The van der Waals surface area contributed by atoms with Gasteiger partial charge in [0.15, 0.2) is 0 Å². The van der Waals surface area contributed by atoms with Gasteiger partial charge in [-0.15, -0.1) is 11.8 Å². The first-order valence-corrected chi connectivity index (χ1v) is 8.75. The first-order chi connectivity index (χ1) is 10.3. The highest BCUT2D eigenvalue weighted by Gasteiger charge is 2.15.